The molecule has 9 heteroatoms. The van der Waals surface area contributed by atoms with Crippen LogP contribution in [0.1, 0.15) is 44.4 Å². The molecule has 34 heavy (non-hydrogen) atoms. The van der Waals surface area contributed by atoms with Gasteiger partial charge in [0.2, 0.25) is 11.1 Å². The summed E-state index contributed by atoms with van der Waals surface area (Å²) in [5.74, 6) is 2.65. The maximum atomic E-state index is 12.7. The van der Waals surface area contributed by atoms with Gasteiger partial charge in [0.1, 0.15) is 12.6 Å². The molecule has 4 rings (SSSR count). The summed E-state index contributed by atoms with van der Waals surface area (Å²) < 4.78 is 13.4. The fraction of sp³-hybridized carbons (Fsp3) is 0.320. The van der Waals surface area contributed by atoms with Crippen LogP contribution in [0.5, 0.6) is 11.5 Å². The van der Waals surface area contributed by atoms with Gasteiger partial charge < -0.3 is 14.8 Å². The van der Waals surface area contributed by atoms with Gasteiger partial charge >= 0.3 is 0 Å². The second kappa shape index (κ2) is 10.5. The number of allylic oxidation sites excluding steroid dienone is 2. The van der Waals surface area contributed by atoms with Crippen LogP contribution in [0, 0.1) is 0 Å². The van der Waals surface area contributed by atoms with E-state index in [0.29, 0.717) is 39.8 Å². The van der Waals surface area contributed by atoms with Crippen molar-refractivity contribution in [1.29, 1.82) is 0 Å². The number of thioether (sulfide) groups is 1. The van der Waals surface area contributed by atoms with E-state index in [9.17, 15) is 4.79 Å². The van der Waals surface area contributed by atoms with E-state index in [0.717, 1.165) is 29.0 Å². The smallest absolute Gasteiger partial charge is 0.227 e. The number of ketones is 1. The summed E-state index contributed by atoms with van der Waals surface area (Å²) >= 11 is 7.86. The summed E-state index contributed by atoms with van der Waals surface area (Å²) in [6.45, 7) is 5.89. The number of aromatic nitrogens is 3. The Morgan fingerprint density at radius 2 is 2.03 bits per heavy atom. The molecule has 2 heterocycles. The minimum atomic E-state index is -0.427. The topological polar surface area (TPSA) is 78.3 Å². The first-order valence-electron chi connectivity index (χ1n) is 11.0. The van der Waals surface area contributed by atoms with Crippen molar-refractivity contribution in [3.05, 3.63) is 69.9 Å². The molecule has 0 fully saturated rings. The highest BCUT2D eigenvalue weighted by Gasteiger charge is 2.33. The van der Waals surface area contributed by atoms with Crippen LogP contribution in [0.2, 0.25) is 5.02 Å². The van der Waals surface area contributed by atoms with Crippen molar-refractivity contribution in [2.75, 3.05) is 18.2 Å². The third kappa shape index (κ3) is 4.93. The van der Waals surface area contributed by atoms with Crippen molar-refractivity contribution >= 4 is 35.1 Å². The Bertz CT molecular complexity index is 1240. The largest absolute Gasteiger partial charge is 0.493 e. The summed E-state index contributed by atoms with van der Waals surface area (Å²) in [5, 5.41) is 9.28. The van der Waals surface area contributed by atoms with Crippen molar-refractivity contribution in [1.82, 2.24) is 14.8 Å². The first kappa shape index (κ1) is 24.2. The molecule has 1 aliphatic heterocycles. The predicted molar refractivity (Wildman–Crippen MR) is 135 cm³/mol. The number of nitrogens with zero attached hydrogens (tertiary/aromatic N) is 3. The van der Waals surface area contributed by atoms with E-state index in [4.69, 9.17) is 26.2 Å². The summed E-state index contributed by atoms with van der Waals surface area (Å²) in [7, 11) is 1.59. The maximum absolute atomic E-state index is 12.7. The molecule has 0 aliphatic carbocycles. The van der Waals surface area contributed by atoms with Gasteiger partial charge in [0, 0.05) is 27.6 Å². The minimum Gasteiger partial charge on any atom is -0.493 e. The number of rotatable bonds is 9. The lowest BCUT2D eigenvalue weighted by Gasteiger charge is -2.28. The van der Waals surface area contributed by atoms with Crippen molar-refractivity contribution < 1.29 is 14.3 Å². The Hall–Kier alpha value is -2.97. The number of hydrogen-bond donors (Lipinski definition) is 1. The lowest BCUT2D eigenvalue weighted by atomic mass is 9.93. The molecule has 1 atom stereocenters. The summed E-state index contributed by atoms with van der Waals surface area (Å²) in [6, 6.07) is 12.8. The lowest BCUT2D eigenvalue weighted by Crippen LogP contribution is -2.27. The Kier molecular flexibility index (Phi) is 7.48. The first-order chi connectivity index (χ1) is 16.4. The number of halogens is 1. The monoisotopic (exact) mass is 498 g/mol. The number of nitrogens with one attached hydrogen (secondary N) is 1. The molecule has 1 aromatic heterocycles. The van der Waals surface area contributed by atoms with Gasteiger partial charge in [0.15, 0.2) is 17.3 Å². The number of methoxy groups -OCH3 is 1. The zero-order valence-corrected chi connectivity index (χ0v) is 21.2. The van der Waals surface area contributed by atoms with Crippen LogP contribution >= 0.6 is 23.4 Å². The highest BCUT2D eigenvalue weighted by atomic mass is 35.5. The van der Waals surface area contributed by atoms with Gasteiger partial charge in [-0.1, -0.05) is 54.6 Å². The number of anilines is 1. The second-order valence-electron chi connectivity index (χ2n) is 7.92. The van der Waals surface area contributed by atoms with E-state index in [1.165, 1.54) is 0 Å². The Balaban J connectivity index is 1.69. The third-order valence-corrected chi connectivity index (χ3v) is 6.90. The standard InChI is InChI=1S/C25H27ClN4O3S/c1-5-12-34-25-28-24-27-15(2)22(16(3)31)23(30(24)29-25)17-10-11-20(21(13-17)32-4)33-14-18-8-6-7-9-19(18)26/h6-11,13,23H,5,12,14H2,1-4H3,(H,27,28,29). The second-order valence-corrected chi connectivity index (χ2v) is 9.39. The van der Waals surface area contributed by atoms with Gasteiger partial charge in [0.25, 0.3) is 0 Å². The molecule has 0 saturated carbocycles. The molecule has 7 nitrogen and oxygen atoms in total. The van der Waals surface area contributed by atoms with E-state index in [1.807, 2.05) is 49.4 Å². The highest BCUT2D eigenvalue weighted by molar-refractivity contribution is 7.99. The molecule has 2 aromatic carbocycles. The van der Waals surface area contributed by atoms with Crippen molar-refractivity contribution in [2.24, 2.45) is 0 Å². The molecule has 0 bridgehead atoms. The number of benzene rings is 2. The van der Waals surface area contributed by atoms with Crippen LogP contribution < -0.4 is 14.8 Å². The van der Waals surface area contributed by atoms with Gasteiger partial charge in [0.05, 0.1) is 7.11 Å². The molecule has 1 N–H and O–H groups in total. The third-order valence-electron chi connectivity index (χ3n) is 5.49. The van der Waals surface area contributed by atoms with Gasteiger partial charge in [-0.2, -0.15) is 4.98 Å². The van der Waals surface area contributed by atoms with E-state index in [2.05, 4.69) is 17.2 Å². The molecule has 1 aliphatic rings. The van der Waals surface area contributed by atoms with E-state index >= 15 is 0 Å². The normalized spacial score (nSPS) is 15.0. The fourth-order valence-corrected chi connectivity index (χ4v) is 4.77. The average Bonchev–Trinajstić information content (AvgIpc) is 3.23. The van der Waals surface area contributed by atoms with Crippen molar-refractivity contribution in [3.63, 3.8) is 0 Å². The molecule has 0 saturated heterocycles. The summed E-state index contributed by atoms with van der Waals surface area (Å²) in [5.41, 5.74) is 3.14. The van der Waals surface area contributed by atoms with Gasteiger partial charge in [-0.25, -0.2) is 4.68 Å². The Morgan fingerprint density at radius 3 is 2.74 bits per heavy atom. The summed E-state index contributed by atoms with van der Waals surface area (Å²) in [6.07, 6.45) is 1.02. The average molecular weight is 499 g/mol. The lowest BCUT2D eigenvalue weighted by molar-refractivity contribution is -0.114. The van der Waals surface area contributed by atoms with Gasteiger partial charge in [-0.3, -0.25) is 4.79 Å². The predicted octanol–water partition coefficient (Wildman–Crippen LogP) is 5.90. The molecule has 3 aromatic rings. The maximum Gasteiger partial charge on any atom is 0.227 e. The number of ether oxygens (including phenoxy) is 2. The number of carbonyl (C=O) groups is 1. The molecule has 0 spiro atoms. The van der Waals surface area contributed by atoms with E-state index in [-0.39, 0.29) is 5.78 Å². The fourth-order valence-electron chi connectivity index (χ4n) is 3.89. The molecule has 0 radical (unpaired) electrons. The van der Waals surface area contributed by atoms with Crippen LogP contribution in [0.3, 0.4) is 0 Å². The van der Waals surface area contributed by atoms with Crippen LogP contribution in [-0.2, 0) is 11.4 Å². The number of carbonyl (C=O) groups excluding carboxylic acids is 1. The van der Waals surface area contributed by atoms with Crippen molar-refractivity contribution in [3.8, 4) is 11.5 Å². The molecule has 178 valence electrons. The molecular formula is C25H27ClN4O3S. The SMILES string of the molecule is CCCSc1nc2n(n1)C(c1ccc(OCc3ccccc3Cl)c(OC)c1)C(C(C)=O)=C(C)N2. The van der Waals surface area contributed by atoms with Gasteiger partial charge in [-0.15, -0.1) is 5.10 Å². The van der Waals surface area contributed by atoms with Crippen LogP contribution in [0.4, 0.5) is 5.95 Å². The number of fused-ring (bicyclic) bond motifs is 1. The molecule has 1 unspecified atom stereocenters. The first-order valence-corrected chi connectivity index (χ1v) is 12.4. The number of Topliss-reactive ketones (excluding diaryl/α,β-unsaturated/α-hetero) is 1. The van der Waals surface area contributed by atoms with Crippen molar-refractivity contribution in [2.45, 2.75) is 45.0 Å². The minimum absolute atomic E-state index is 0.0306. The number of hydrogen-bond acceptors (Lipinski definition) is 7. The quantitative estimate of drug-likeness (QED) is 0.368. The highest BCUT2D eigenvalue weighted by Crippen LogP contribution is 2.40. The Labute approximate surface area is 208 Å². The zero-order chi connectivity index (χ0) is 24.2. The summed E-state index contributed by atoms with van der Waals surface area (Å²) in [4.78, 5) is 17.3. The molecule has 0 amide bonds. The van der Waals surface area contributed by atoms with Gasteiger partial charge in [-0.05, 0) is 44.0 Å². The molecular weight excluding hydrogens is 472 g/mol. The van der Waals surface area contributed by atoms with E-state index in [1.54, 1.807) is 30.5 Å². The Morgan fingerprint density at radius 1 is 1.24 bits per heavy atom. The van der Waals surface area contributed by atoms with E-state index < -0.39 is 6.04 Å². The van der Waals surface area contributed by atoms with Crippen LogP contribution in [0.15, 0.2) is 58.9 Å². The van der Waals surface area contributed by atoms with Crippen LogP contribution in [-0.4, -0.2) is 33.4 Å². The van der Waals surface area contributed by atoms with Crippen LogP contribution in [0.25, 0.3) is 0 Å². The zero-order valence-electron chi connectivity index (χ0n) is 19.6.